The lowest BCUT2D eigenvalue weighted by Crippen LogP contribution is -2.09. The van der Waals surface area contributed by atoms with E-state index in [0.717, 1.165) is 27.1 Å². The van der Waals surface area contributed by atoms with Crippen LogP contribution in [-0.4, -0.2) is 21.1 Å². The minimum absolute atomic E-state index is 0.451. The summed E-state index contributed by atoms with van der Waals surface area (Å²) in [6, 6.07) is 6.38. The van der Waals surface area contributed by atoms with Crippen LogP contribution in [-0.2, 0) is 5.88 Å². The number of fused-ring (bicyclic) bond motifs is 1. The molecule has 1 fully saturated rings. The van der Waals surface area contributed by atoms with Gasteiger partial charge in [-0.1, -0.05) is 11.6 Å². The Balaban J connectivity index is 2.08. The highest BCUT2D eigenvalue weighted by Gasteiger charge is 2.28. The molecule has 1 aromatic carbocycles. The van der Waals surface area contributed by atoms with Crippen molar-refractivity contribution in [3.63, 3.8) is 0 Å². The zero-order chi connectivity index (χ0) is 13.4. The molecule has 1 aliphatic carbocycles. The van der Waals surface area contributed by atoms with E-state index in [0.29, 0.717) is 11.9 Å². The highest BCUT2D eigenvalue weighted by molar-refractivity contribution is 7.99. The number of hydrogen-bond acceptors (Lipinski definition) is 2. The summed E-state index contributed by atoms with van der Waals surface area (Å²) in [7, 11) is 0. The molecule has 0 N–H and O–H groups in total. The van der Waals surface area contributed by atoms with Gasteiger partial charge in [0.2, 0.25) is 0 Å². The summed E-state index contributed by atoms with van der Waals surface area (Å²) < 4.78 is 2.31. The molecule has 2 unspecified atom stereocenters. The van der Waals surface area contributed by atoms with Gasteiger partial charge in [0.1, 0.15) is 5.82 Å². The molecule has 1 heterocycles. The third-order valence-electron chi connectivity index (χ3n) is 3.90. The van der Waals surface area contributed by atoms with Crippen molar-refractivity contribution in [2.75, 3.05) is 6.26 Å². The molecule has 1 aromatic heterocycles. The summed E-state index contributed by atoms with van der Waals surface area (Å²) in [5.74, 6) is 1.41. The van der Waals surface area contributed by atoms with Gasteiger partial charge in [-0.2, -0.15) is 11.8 Å². The average Bonchev–Trinajstić information content (AvgIpc) is 3.01. The maximum Gasteiger partial charge on any atom is 0.125 e. The van der Waals surface area contributed by atoms with Crippen LogP contribution in [0.3, 0.4) is 0 Å². The van der Waals surface area contributed by atoms with E-state index in [1.807, 2.05) is 30.0 Å². The fourth-order valence-corrected chi connectivity index (χ4v) is 4.13. The highest BCUT2D eigenvalue weighted by atomic mass is 35.5. The van der Waals surface area contributed by atoms with Crippen molar-refractivity contribution in [3.8, 4) is 0 Å². The summed E-state index contributed by atoms with van der Waals surface area (Å²) in [4.78, 5) is 4.63. The molecular weight excluding hydrogens is 299 g/mol. The van der Waals surface area contributed by atoms with Gasteiger partial charge in [0, 0.05) is 16.3 Å². The number of thioether (sulfide) groups is 1. The van der Waals surface area contributed by atoms with Gasteiger partial charge in [0.25, 0.3) is 0 Å². The van der Waals surface area contributed by atoms with Crippen molar-refractivity contribution in [2.45, 2.75) is 36.4 Å². The van der Waals surface area contributed by atoms with Crippen LogP contribution in [0.15, 0.2) is 18.2 Å². The van der Waals surface area contributed by atoms with E-state index in [-0.39, 0.29) is 0 Å². The normalized spacial score (nSPS) is 23.3. The molecule has 0 aliphatic heterocycles. The van der Waals surface area contributed by atoms with Crippen molar-refractivity contribution < 1.29 is 0 Å². The lowest BCUT2D eigenvalue weighted by Gasteiger charge is -2.16. The summed E-state index contributed by atoms with van der Waals surface area (Å²) in [6.45, 7) is 0. The molecule has 2 nitrogen and oxygen atoms in total. The van der Waals surface area contributed by atoms with Crippen LogP contribution in [0.2, 0.25) is 5.02 Å². The highest BCUT2D eigenvalue weighted by Crippen LogP contribution is 2.39. The topological polar surface area (TPSA) is 17.8 Å². The monoisotopic (exact) mass is 314 g/mol. The lowest BCUT2D eigenvalue weighted by molar-refractivity contribution is 0.519. The van der Waals surface area contributed by atoms with E-state index in [2.05, 4.69) is 15.8 Å². The van der Waals surface area contributed by atoms with E-state index >= 15 is 0 Å². The number of imidazole rings is 1. The molecule has 2 atom stereocenters. The van der Waals surface area contributed by atoms with Gasteiger partial charge < -0.3 is 4.57 Å². The Morgan fingerprint density at radius 1 is 1.42 bits per heavy atom. The summed E-state index contributed by atoms with van der Waals surface area (Å²) in [5.41, 5.74) is 2.11. The number of hydrogen-bond donors (Lipinski definition) is 0. The minimum atomic E-state index is 0.451. The van der Waals surface area contributed by atoms with Crippen LogP contribution in [0.5, 0.6) is 0 Å². The summed E-state index contributed by atoms with van der Waals surface area (Å²) in [6.07, 6.45) is 5.86. The Hall–Kier alpha value is -0.380. The molecule has 0 amide bonds. The van der Waals surface area contributed by atoms with Crippen LogP contribution in [0.4, 0.5) is 0 Å². The molecule has 102 valence electrons. The third kappa shape index (κ3) is 2.48. The van der Waals surface area contributed by atoms with Gasteiger partial charge in [-0.15, -0.1) is 11.6 Å². The van der Waals surface area contributed by atoms with Gasteiger partial charge in [-0.05, 0) is 43.7 Å². The van der Waals surface area contributed by atoms with Gasteiger partial charge in [0.05, 0.1) is 16.9 Å². The number of alkyl halides is 1. The quantitative estimate of drug-likeness (QED) is 0.751. The Labute approximate surface area is 127 Å². The first-order valence-electron chi connectivity index (χ1n) is 6.48. The third-order valence-corrected chi connectivity index (χ3v) is 5.47. The Morgan fingerprint density at radius 2 is 2.26 bits per heavy atom. The second-order valence-electron chi connectivity index (χ2n) is 4.99. The molecule has 0 bridgehead atoms. The number of nitrogens with zero attached hydrogens (tertiary/aromatic N) is 2. The van der Waals surface area contributed by atoms with Gasteiger partial charge in [-0.25, -0.2) is 4.98 Å². The van der Waals surface area contributed by atoms with E-state index in [9.17, 15) is 0 Å². The van der Waals surface area contributed by atoms with Gasteiger partial charge in [0.15, 0.2) is 0 Å². The number of rotatable bonds is 3. The van der Waals surface area contributed by atoms with E-state index in [4.69, 9.17) is 23.2 Å². The number of aromatic nitrogens is 2. The van der Waals surface area contributed by atoms with E-state index in [1.54, 1.807) is 0 Å². The molecule has 3 rings (SSSR count). The molecule has 5 heteroatoms. The average molecular weight is 315 g/mol. The lowest BCUT2D eigenvalue weighted by atomic mass is 10.2. The molecule has 0 saturated heterocycles. The van der Waals surface area contributed by atoms with Gasteiger partial charge >= 0.3 is 0 Å². The van der Waals surface area contributed by atoms with Crippen LogP contribution in [0.25, 0.3) is 11.0 Å². The second kappa shape index (κ2) is 5.55. The van der Waals surface area contributed by atoms with Crippen molar-refractivity contribution in [1.82, 2.24) is 9.55 Å². The minimum Gasteiger partial charge on any atom is -0.324 e. The Kier molecular flexibility index (Phi) is 3.97. The van der Waals surface area contributed by atoms with E-state index < -0.39 is 0 Å². The SMILES string of the molecule is CSC1CCC(n2c(CCl)nc3ccc(Cl)cc32)C1. The van der Waals surface area contributed by atoms with Crippen molar-refractivity contribution in [3.05, 3.63) is 29.0 Å². The smallest absolute Gasteiger partial charge is 0.125 e. The maximum atomic E-state index is 6.13. The predicted molar refractivity (Wildman–Crippen MR) is 84.5 cm³/mol. The van der Waals surface area contributed by atoms with Crippen LogP contribution in [0, 0.1) is 0 Å². The van der Waals surface area contributed by atoms with Crippen molar-refractivity contribution in [2.24, 2.45) is 0 Å². The summed E-state index contributed by atoms with van der Waals surface area (Å²) >= 11 is 14.2. The standard InChI is InChI=1S/C14H16Cl2N2S/c1-19-11-4-3-10(7-11)18-13-6-9(16)2-5-12(13)17-14(18)8-15/h2,5-6,10-11H,3-4,7-8H2,1H3. The Morgan fingerprint density at radius 3 is 2.95 bits per heavy atom. The predicted octanol–water partition coefficient (Wildman–Crippen LogP) is 4.89. The molecule has 1 aliphatic rings. The fraction of sp³-hybridized carbons (Fsp3) is 0.500. The van der Waals surface area contributed by atoms with Gasteiger partial charge in [-0.3, -0.25) is 0 Å². The first-order valence-corrected chi connectivity index (χ1v) is 8.68. The zero-order valence-electron chi connectivity index (χ0n) is 10.8. The first-order chi connectivity index (χ1) is 9.22. The molecule has 1 saturated carbocycles. The summed E-state index contributed by atoms with van der Waals surface area (Å²) in [5, 5.41) is 1.51. The number of benzene rings is 1. The molecule has 2 aromatic rings. The van der Waals surface area contributed by atoms with Crippen LogP contribution < -0.4 is 0 Å². The molecule has 0 radical (unpaired) electrons. The van der Waals surface area contributed by atoms with Crippen molar-refractivity contribution in [1.29, 1.82) is 0 Å². The zero-order valence-corrected chi connectivity index (χ0v) is 13.1. The fourth-order valence-electron chi connectivity index (χ4n) is 2.98. The second-order valence-corrected chi connectivity index (χ2v) is 6.83. The Bertz CT molecular complexity index is 596. The number of halogens is 2. The molecular formula is C14H16Cl2N2S. The van der Waals surface area contributed by atoms with Crippen LogP contribution in [0.1, 0.15) is 31.1 Å². The molecule has 0 spiro atoms. The van der Waals surface area contributed by atoms with Crippen molar-refractivity contribution >= 4 is 46.0 Å². The van der Waals surface area contributed by atoms with Crippen LogP contribution >= 0.6 is 35.0 Å². The first kappa shape index (κ1) is 13.6. The largest absolute Gasteiger partial charge is 0.324 e. The molecule has 19 heavy (non-hydrogen) atoms. The maximum absolute atomic E-state index is 6.13. The van der Waals surface area contributed by atoms with E-state index in [1.165, 1.54) is 19.3 Å².